The number of hydrogen-bond donors (Lipinski definition) is 1. The van der Waals surface area contributed by atoms with E-state index in [9.17, 15) is 4.79 Å². The van der Waals surface area contributed by atoms with Gasteiger partial charge in [0.25, 0.3) is 0 Å². The van der Waals surface area contributed by atoms with E-state index in [-0.39, 0.29) is 11.3 Å². The molecule has 0 aliphatic carbocycles. The molecule has 0 fully saturated rings. The quantitative estimate of drug-likeness (QED) is 0.458. The largest absolute Gasteiger partial charge is 0.334 e. The lowest BCUT2D eigenvalue weighted by Gasteiger charge is -2.19. The van der Waals surface area contributed by atoms with Gasteiger partial charge in [-0.15, -0.1) is 0 Å². The van der Waals surface area contributed by atoms with E-state index in [0.29, 0.717) is 6.42 Å². The molecular formula is C6H13NOS. The summed E-state index contributed by atoms with van der Waals surface area (Å²) in [6, 6.07) is 0. The SMILES string of the molecule is CCC(=O)N(C)[C@H](C)S. The highest BCUT2D eigenvalue weighted by atomic mass is 32.1. The predicted octanol–water partition coefficient (Wildman–Crippen LogP) is 1.13. The summed E-state index contributed by atoms with van der Waals surface area (Å²) in [5.74, 6) is 0.137. The van der Waals surface area contributed by atoms with Gasteiger partial charge < -0.3 is 4.90 Å². The Labute approximate surface area is 61.6 Å². The molecular weight excluding hydrogens is 134 g/mol. The zero-order valence-electron chi connectivity index (χ0n) is 6.09. The third-order valence-corrected chi connectivity index (χ3v) is 1.60. The van der Waals surface area contributed by atoms with Crippen molar-refractivity contribution in [3.8, 4) is 0 Å². The van der Waals surface area contributed by atoms with Crippen LogP contribution in [0.4, 0.5) is 0 Å². The van der Waals surface area contributed by atoms with Gasteiger partial charge in [0.05, 0.1) is 5.37 Å². The van der Waals surface area contributed by atoms with Gasteiger partial charge in [-0.2, -0.15) is 12.6 Å². The predicted molar refractivity (Wildman–Crippen MR) is 41.5 cm³/mol. The number of thiol groups is 1. The molecule has 0 radical (unpaired) electrons. The summed E-state index contributed by atoms with van der Waals surface area (Å²) in [6.45, 7) is 3.71. The Kier molecular flexibility index (Phi) is 3.70. The van der Waals surface area contributed by atoms with Gasteiger partial charge in [0.1, 0.15) is 0 Å². The maximum Gasteiger partial charge on any atom is 0.222 e. The van der Waals surface area contributed by atoms with Gasteiger partial charge in [-0.25, -0.2) is 0 Å². The highest BCUT2D eigenvalue weighted by Gasteiger charge is 2.08. The average molecular weight is 147 g/mol. The van der Waals surface area contributed by atoms with Gasteiger partial charge >= 0.3 is 0 Å². The molecule has 3 heteroatoms. The lowest BCUT2D eigenvalue weighted by atomic mass is 10.4. The van der Waals surface area contributed by atoms with Crippen LogP contribution in [0.3, 0.4) is 0 Å². The van der Waals surface area contributed by atoms with Crippen LogP contribution in [0.5, 0.6) is 0 Å². The zero-order valence-corrected chi connectivity index (χ0v) is 6.98. The number of nitrogens with zero attached hydrogens (tertiary/aromatic N) is 1. The second-order valence-corrected chi connectivity index (χ2v) is 2.74. The number of carbonyl (C=O) groups is 1. The fourth-order valence-corrected chi connectivity index (χ4v) is 0.587. The second-order valence-electron chi connectivity index (χ2n) is 1.99. The van der Waals surface area contributed by atoms with E-state index in [1.54, 1.807) is 11.9 Å². The highest BCUT2D eigenvalue weighted by molar-refractivity contribution is 7.80. The molecule has 0 aromatic heterocycles. The normalized spacial score (nSPS) is 12.9. The van der Waals surface area contributed by atoms with Crippen molar-refractivity contribution in [1.29, 1.82) is 0 Å². The molecule has 0 N–H and O–H groups in total. The van der Waals surface area contributed by atoms with Gasteiger partial charge in [0.15, 0.2) is 0 Å². The van der Waals surface area contributed by atoms with Crippen molar-refractivity contribution in [3.63, 3.8) is 0 Å². The summed E-state index contributed by atoms with van der Waals surface area (Å²) in [5, 5.41) is 0.0254. The van der Waals surface area contributed by atoms with E-state index >= 15 is 0 Å². The lowest BCUT2D eigenvalue weighted by molar-refractivity contribution is -0.129. The Morgan fingerprint density at radius 3 is 2.33 bits per heavy atom. The molecule has 0 bridgehead atoms. The maximum atomic E-state index is 10.8. The van der Waals surface area contributed by atoms with Crippen LogP contribution in [-0.4, -0.2) is 23.2 Å². The lowest BCUT2D eigenvalue weighted by Crippen LogP contribution is -2.30. The monoisotopic (exact) mass is 147 g/mol. The van der Waals surface area contributed by atoms with Crippen molar-refractivity contribution in [2.24, 2.45) is 0 Å². The van der Waals surface area contributed by atoms with Crippen LogP contribution in [0.25, 0.3) is 0 Å². The van der Waals surface area contributed by atoms with Crippen LogP contribution in [0, 0.1) is 0 Å². The maximum absolute atomic E-state index is 10.8. The van der Waals surface area contributed by atoms with Crippen molar-refractivity contribution in [2.45, 2.75) is 25.6 Å². The molecule has 0 aliphatic heterocycles. The molecule has 0 spiro atoms. The minimum Gasteiger partial charge on any atom is -0.334 e. The molecule has 0 saturated carbocycles. The Bertz CT molecular complexity index is 103. The molecule has 0 aromatic rings. The highest BCUT2D eigenvalue weighted by Crippen LogP contribution is 2.00. The van der Waals surface area contributed by atoms with Gasteiger partial charge in [-0.05, 0) is 6.92 Å². The van der Waals surface area contributed by atoms with E-state index in [1.165, 1.54) is 0 Å². The standard InChI is InChI=1S/C6H13NOS/c1-4-6(8)7(3)5(2)9/h5,9H,4H2,1-3H3/t5-/m0/s1. The number of hydrogen-bond acceptors (Lipinski definition) is 2. The summed E-state index contributed by atoms with van der Waals surface area (Å²) >= 11 is 4.09. The average Bonchev–Trinajstić information content (AvgIpc) is 1.84. The molecule has 0 aliphatic rings. The minimum absolute atomic E-state index is 0.0254. The van der Waals surface area contributed by atoms with Crippen molar-refractivity contribution < 1.29 is 4.79 Å². The van der Waals surface area contributed by atoms with Crippen LogP contribution in [0.15, 0.2) is 0 Å². The number of carbonyl (C=O) groups excluding carboxylic acids is 1. The Balaban J connectivity index is 3.72. The van der Waals surface area contributed by atoms with Crippen LogP contribution in [0.2, 0.25) is 0 Å². The number of rotatable bonds is 2. The molecule has 0 unspecified atom stereocenters. The summed E-state index contributed by atoms with van der Waals surface area (Å²) in [7, 11) is 1.75. The first kappa shape index (κ1) is 8.82. The molecule has 0 aromatic carbocycles. The summed E-state index contributed by atoms with van der Waals surface area (Å²) in [6.07, 6.45) is 0.557. The van der Waals surface area contributed by atoms with Gasteiger partial charge in [-0.1, -0.05) is 6.92 Å². The second kappa shape index (κ2) is 3.77. The van der Waals surface area contributed by atoms with Crippen LogP contribution >= 0.6 is 12.6 Å². The first-order valence-electron chi connectivity index (χ1n) is 3.03. The van der Waals surface area contributed by atoms with Crippen molar-refractivity contribution >= 4 is 18.5 Å². The Morgan fingerprint density at radius 1 is 1.78 bits per heavy atom. The van der Waals surface area contributed by atoms with Crippen LogP contribution < -0.4 is 0 Å². The van der Waals surface area contributed by atoms with E-state index in [2.05, 4.69) is 12.6 Å². The smallest absolute Gasteiger partial charge is 0.222 e. The summed E-state index contributed by atoms with van der Waals surface area (Å²) < 4.78 is 0. The molecule has 1 amide bonds. The van der Waals surface area contributed by atoms with Gasteiger partial charge in [0.2, 0.25) is 5.91 Å². The van der Waals surface area contributed by atoms with Gasteiger partial charge in [-0.3, -0.25) is 4.79 Å². The summed E-state index contributed by atoms with van der Waals surface area (Å²) in [5.41, 5.74) is 0. The number of amides is 1. The van der Waals surface area contributed by atoms with Crippen LogP contribution in [0.1, 0.15) is 20.3 Å². The Hall–Kier alpha value is -0.180. The summed E-state index contributed by atoms with van der Waals surface area (Å²) in [4.78, 5) is 12.4. The molecule has 0 saturated heterocycles. The third kappa shape index (κ3) is 2.75. The third-order valence-electron chi connectivity index (χ3n) is 1.26. The van der Waals surface area contributed by atoms with E-state index in [4.69, 9.17) is 0 Å². The first-order valence-corrected chi connectivity index (χ1v) is 3.55. The topological polar surface area (TPSA) is 20.3 Å². The van der Waals surface area contributed by atoms with Crippen molar-refractivity contribution in [1.82, 2.24) is 4.90 Å². The zero-order chi connectivity index (χ0) is 7.44. The Morgan fingerprint density at radius 2 is 2.22 bits per heavy atom. The fraction of sp³-hybridized carbons (Fsp3) is 0.833. The molecule has 0 heterocycles. The molecule has 54 valence electrons. The van der Waals surface area contributed by atoms with E-state index < -0.39 is 0 Å². The minimum atomic E-state index is 0.0254. The molecule has 0 rings (SSSR count). The first-order chi connectivity index (χ1) is 4.09. The van der Waals surface area contributed by atoms with Gasteiger partial charge in [0, 0.05) is 13.5 Å². The van der Waals surface area contributed by atoms with Crippen LogP contribution in [-0.2, 0) is 4.79 Å². The molecule has 9 heavy (non-hydrogen) atoms. The van der Waals surface area contributed by atoms with E-state index in [1.807, 2.05) is 13.8 Å². The molecule has 1 atom stereocenters. The molecule has 2 nitrogen and oxygen atoms in total. The van der Waals surface area contributed by atoms with E-state index in [0.717, 1.165) is 0 Å². The van der Waals surface area contributed by atoms with Crippen molar-refractivity contribution in [3.05, 3.63) is 0 Å². The van der Waals surface area contributed by atoms with Crippen molar-refractivity contribution in [2.75, 3.05) is 7.05 Å². The fourth-order valence-electron chi connectivity index (χ4n) is 0.458.